The number of hydrogen-bond donors (Lipinski definition) is 0. The van der Waals surface area contributed by atoms with Gasteiger partial charge in [-0.2, -0.15) is 5.10 Å². The molecule has 0 fully saturated rings. The van der Waals surface area contributed by atoms with Gasteiger partial charge in [-0.05, 0) is 11.6 Å². The Morgan fingerprint density at radius 2 is 1.86 bits per heavy atom. The Bertz CT molecular complexity index is 866. The lowest BCUT2D eigenvalue weighted by atomic mass is 10.1. The molecule has 22 heavy (non-hydrogen) atoms. The molecule has 0 spiro atoms. The fourth-order valence-corrected chi connectivity index (χ4v) is 2.45. The standard InChI is InChI=1S/C16H13N3O3/c1-11(20)18-16(14-4-2-3-5-15(14)17-18)10-12-6-8-13(9-7-12)19(21)22/h2-9H,10H2,1H3. The van der Waals surface area contributed by atoms with Crippen molar-refractivity contribution in [3.63, 3.8) is 0 Å². The third-order valence-corrected chi connectivity index (χ3v) is 3.50. The highest BCUT2D eigenvalue weighted by Gasteiger charge is 2.14. The van der Waals surface area contributed by atoms with Gasteiger partial charge < -0.3 is 0 Å². The minimum Gasteiger partial charge on any atom is -0.273 e. The van der Waals surface area contributed by atoms with Gasteiger partial charge in [0.1, 0.15) is 0 Å². The van der Waals surface area contributed by atoms with E-state index in [2.05, 4.69) is 5.10 Å². The van der Waals surface area contributed by atoms with Crippen molar-refractivity contribution in [3.05, 3.63) is 69.9 Å². The lowest BCUT2D eigenvalue weighted by molar-refractivity contribution is -0.384. The number of carbonyl (C=O) groups is 1. The van der Waals surface area contributed by atoms with E-state index in [4.69, 9.17) is 0 Å². The highest BCUT2D eigenvalue weighted by Crippen LogP contribution is 2.22. The van der Waals surface area contributed by atoms with Gasteiger partial charge in [0.25, 0.3) is 5.69 Å². The topological polar surface area (TPSA) is 78.0 Å². The number of nitro benzene ring substituents is 1. The Morgan fingerprint density at radius 1 is 1.18 bits per heavy atom. The molecule has 1 heterocycles. The number of nitro groups is 1. The number of carbonyl (C=O) groups excluding carboxylic acids is 1. The molecule has 6 heteroatoms. The van der Waals surface area contributed by atoms with Crippen LogP contribution in [0.25, 0.3) is 10.9 Å². The molecular weight excluding hydrogens is 282 g/mol. The van der Waals surface area contributed by atoms with Crippen LogP contribution in [0, 0.1) is 10.1 Å². The molecule has 0 atom stereocenters. The number of benzene rings is 2. The van der Waals surface area contributed by atoms with Gasteiger partial charge in [-0.15, -0.1) is 0 Å². The quantitative estimate of drug-likeness (QED) is 0.549. The average Bonchev–Trinajstić information content (AvgIpc) is 2.87. The van der Waals surface area contributed by atoms with E-state index < -0.39 is 4.92 Å². The van der Waals surface area contributed by atoms with Gasteiger partial charge >= 0.3 is 0 Å². The van der Waals surface area contributed by atoms with E-state index in [-0.39, 0.29) is 11.6 Å². The van der Waals surface area contributed by atoms with Crippen molar-refractivity contribution in [1.29, 1.82) is 0 Å². The van der Waals surface area contributed by atoms with Crippen LogP contribution < -0.4 is 0 Å². The van der Waals surface area contributed by atoms with Crippen molar-refractivity contribution in [1.82, 2.24) is 9.78 Å². The molecule has 3 aromatic rings. The summed E-state index contributed by atoms with van der Waals surface area (Å²) in [7, 11) is 0. The van der Waals surface area contributed by atoms with Gasteiger partial charge in [0, 0.05) is 30.9 Å². The largest absolute Gasteiger partial charge is 0.273 e. The molecule has 0 aliphatic carbocycles. The smallest absolute Gasteiger partial charge is 0.269 e. The van der Waals surface area contributed by atoms with Gasteiger partial charge in [-0.3, -0.25) is 14.9 Å². The zero-order valence-electron chi connectivity index (χ0n) is 11.9. The van der Waals surface area contributed by atoms with E-state index in [1.54, 1.807) is 12.1 Å². The highest BCUT2D eigenvalue weighted by atomic mass is 16.6. The molecule has 3 rings (SSSR count). The molecule has 110 valence electrons. The summed E-state index contributed by atoms with van der Waals surface area (Å²) < 4.78 is 1.39. The first kappa shape index (κ1) is 13.9. The summed E-state index contributed by atoms with van der Waals surface area (Å²) in [5, 5.41) is 15.9. The van der Waals surface area contributed by atoms with Crippen molar-refractivity contribution < 1.29 is 9.72 Å². The third-order valence-electron chi connectivity index (χ3n) is 3.50. The van der Waals surface area contributed by atoms with E-state index in [1.165, 1.54) is 23.7 Å². The van der Waals surface area contributed by atoms with E-state index in [0.29, 0.717) is 6.42 Å². The van der Waals surface area contributed by atoms with Crippen molar-refractivity contribution in [2.45, 2.75) is 13.3 Å². The van der Waals surface area contributed by atoms with Crippen LogP contribution in [-0.2, 0) is 6.42 Å². The van der Waals surface area contributed by atoms with Gasteiger partial charge in [0.05, 0.1) is 16.1 Å². The highest BCUT2D eigenvalue weighted by molar-refractivity contribution is 5.87. The summed E-state index contributed by atoms with van der Waals surface area (Å²) in [6.45, 7) is 1.46. The first-order valence-corrected chi connectivity index (χ1v) is 6.77. The normalized spacial score (nSPS) is 10.8. The Morgan fingerprint density at radius 3 is 2.50 bits per heavy atom. The first-order valence-electron chi connectivity index (χ1n) is 6.77. The molecule has 0 radical (unpaired) electrons. The summed E-state index contributed by atoms with van der Waals surface area (Å²) >= 11 is 0. The zero-order valence-corrected chi connectivity index (χ0v) is 11.9. The molecule has 6 nitrogen and oxygen atoms in total. The Hall–Kier alpha value is -3.02. The molecule has 2 aromatic carbocycles. The molecule has 1 aromatic heterocycles. The lowest BCUT2D eigenvalue weighted by Gasteiger charge is -2.04. The Labute approximate surface area is 126 Å². The number of nitrogens with zero attached hydrogens (tertiary/aromatic N) is 3. The number of rotatable bonds is 3. The van der Waals surface area contributed by atoms with E-state index >= 15 is 0 Å². The molecule has 0 amide bonds. The molecule has 0 saturated carbocycles. The second kappa shape index (κ2) is 5.40. The summed E-state index contributed by atoms with van der Waals surface area (Å²) in [5.74, 6) is -0.159. The summed E-state index contributed by atoms with van der Waals surface area (Å²) in [5.41, 5.74) is 2.49. The zero-order chi connectivity index (χ0) is 15.7. The van der Waals surface area contributed by atoms with E-state index in [9.17, 15) is 14.9 Å². The second-order valence-corrected chi connectivity index (χ2v) is 4.99. The monoisotopic (exact) mass is 295 g/mol. The van der Waals surface area contributed by atoms with Gasteiger partial charge in [0.15, 0.2) is 0 Å². The summed E-state index contributed by atoms with van der Waals surface area (Å²) in [6.07, 6.45) is 0.484. The minimum atomic E-state index is -0.432. The number of fused-ring (bicyclic) bond motifs is 1. The van der Waals surface area contributed by atoms with Crippen molar-refractivity contribution in [2.75, 3.05) is 0 Å². The average molecular weight is 295 g/mol. The van der Waals surface area contributed by atoms with Crippen LogP contribution in [0.15, 0.2) is 48.5 Å². The maximum atomic E-state index is 11.8. The van der Waals surface area contributed by atoms with Crippen LogP contribution >= 0.6 is 0 Å². The Balaban J connectivity index is 2.04. The SMILES string of the molecule is CC(=O)n1nc2ccccc2c1Cc1ccc([N+](=O)[O-])cc1. The molecule has 0 saturated heterocycles. The van der Waals surface area contributed by atoms with E-state index in [1.807, 2.05) is 24.3 Å². The fourth-order valence-electron chi connectivity index (χ4n) is 2.45. The predicted molar refractivity (Wildman–Crippen MR) is 81.9 cm³/mol. The first-order chi connectivity index (χ1) is 10.6. The maximum Gasteiger partial charge on any atom is 0.269 e. The lowest BCUT2D eigenvalue weighted by Crippen LogP contribution is -2.11. The molecule has 0 bridgehead atoms. The molecule has 0 N–H and O–H groups in total. The maximum absolute atomic E-state index is 11.8. The second-order valence-electron chi connectivity index (χ2n) is 4.99. The van der Waals surface area contributed by atoms with Crippen LogP contribution in [0.4, 0.5) is 5.69 Å². The van der Waals surface area contributed by atoms with Crippen molar-refractivity contribution in [2.24, 2.45) is 0 Å². The van der Waals surface area contributed by atoms with Crippen molar-refractivity contribution in [3.8, 4) is 0 Å². The van der Waals surface area contributed by atoms with Crippen LogP contribution in [0.3, 0.4) is 0 Å². The van der Waals surface area contributed by atoms with Gasteiger partial charge in [-0.25, -0.2) is 4.68 Å². The van der Waals surface area contributed by atoms with Crippen LogP contribution in [-0.4, -0.2) is 20.6 Å². The molecule has 0 unspecified atom stereocenters. The van der Waals surface area contributed by atoms with Crippen LogP contribution in [0.2, 0.25) is 0 Å². The van der Waals surface area contributed by atoms with E-state index in [0.717, 1.165) is 22.2 Å². The van der Waals surface area contributed by atoms with Gasteiger partial charge in [-0.1, -0.05) is 30.3 Å². The molecule has 0 aliphatic rings. The Kier molecular flexibility index (Phi) is 3.42. The predicted octanol–water partition coefficient (Wildman–Crippen LogP) is 3.20. The number of aromatic nitrogens is 2. The van der Waals surface area contributed by atoms with Crippen LogP contribution in [0.1, 0.15) is 23.0 Å². The fraction of sp³-hybridized carbons (Fsp3) is 0.125. The third kappa shape index (κ3) is 2.46. The molecule has 0 aliphatic heterocycles. The van der Waals surface area contributed by atoms with Crippen molar-refractivity contribution >= 4 is 22.5 Å². The van der Waals surface area contributed by atoms with Gasteiger partial charge in [0.2, 0.25) is 5.91 Å². The van der Waals surface area contributed by atoms with Crippen LogP contribution in [0.5, 0.6) is 0 Å². The summed E-state index contributed by atoms with van der Waals surface area (Å²) in [6, 6.07) is 13.9. The summed E-state index contributed by atoms with van der Waals surface area (Å²) in [4.78, 5) is 22.0. The number of non-ortho nitro benzene ring substituents is 1. The number of hydrogen-bond acceptors (Lipinski definition) is 4. The molecular formula is C16H13N3O3. The minimum absolute atomic E-state index is 0.0497.